The van der Waals surface area contributed by atoms with Crippen LogP contribution in [-0.2, 0) is 0 Å². The number of carbonyl (C=O) groups excluding carboxylic acids is 1. The van der Waals surface area contributed by atoms with Gasteiger partial charge in [0.05, 0.1) is 0 Å². The number of hydrogen-bond donors (Lipinski definition) is 2. The van der Waals surface area contributed by atoms with Gasteiger partial charge in [0.1, 0.15) is 0 Å². The molecule has 0 bridgehead atoms. The lowest BCUT2D eigenvalue weighted by molar-refractivity contribution is 0.237. The molecule has 1 saturated carbocycles. The first kappa shape index (κ1) is 12.1. The molecule has 92 valence electrons. The van der Waals surface area contributed by atoms with E-state index in [-0.39, 0.29) is 6.03 Å². The van der Waals surface area contributed by atoms with E-state index in [0.29, 0.717) is 11.3 Å². The molecule has 4 heteroatoms. The first-order valence-electron chi connectivity index (χ1n) is 6.50. The number of urea groups is 1. The number of carbonyl (C=O) groups is 1. The monoisotopic (exact) mass is 242 g/mol. The second-order valence-electron chi connectivity index (χ2n) is 4.82. The highest BCUT2D eigenvalue weighted by atomic mass is 32.2. The van der Waals surface area contributed by atoms with Crippen LogP contribution >= 0.6 is 11.8 Å². The van der Waals surface area contributed by atoms with Gasteiger partial charge in [0.25, 0.3) is 0 Å². The lowest BCUT2D eigenvalue weighted by atomic mass is 10.2. The van der Waals surface area contributed by atoms with Gasteiger partial charge in [-0.1, -0.05) is 19.3 Å². The van der Waals surface area contributed by atoms with Gasteiger partial charge in [0, 0.05) is 17.8 Å². The highest BCUT2D eigenvalue weighted by molar-refractivity contribution is 7.99. The molecule has 2 fully saturated rings. The number of thioether (sulfide) groups is 1. The van der Waals surface area contributed by atoms with E-state index in [1.54, 1.807) is 0 Å². The van der Waals surface area contributed by atoms with Crippen molar-refractivity contribution in [1.82, 2.24) is 10.6 Å². The fourth-order valence-electron chi connectivity index (χ4n) is 2.48. The molecule has 0 radical (unpaired) electrons. The van der Waals surface area contributed by atoms with Crippen LogP contribution < -0.4 is 10.6 Å². The summed E-state index contributed by atoms with van der Waals surface area (Å²) in [5.41, 5.74) is 0. The third-order valence-electron chi connectivity index (χ3n) is 3.45. The molecule has 0 aromatic rings. The van der Waals surface area contributed by atoms with E-state index in [4.69, 9.17) is 0 Å². The molecule has 2 amide bonds. The SMILES string of the molecule is O=C(NCC1CCCCS1)NC1CCCC1. The Morgan fingerprint density at radius 3 is 2.56 bits per heavy atom. The Morgan fingerprint density at radius 2 is 1.88 bits per heavy atom. The van der Waals surface area contributed by atoms with E-state index in [9.17, 15) is 4.79 Å². The van der Waals surface area contributed by atoms with Crippen molar-refractivity contribution in [2.75, 3.05) is 12.3 Å². The summed E-state index contributed by atoms with van der Waals surface area (Å²) in [5.74, 6) is 1.26. The predicted molar refractivity (Wildman–Crippen MR) is 68.9 cm³/mol. The Morgan fingerprint density at radius 1 is 1.12 bits per heavy atom. The van der Waals surface area contributed by atoms with Crippen LogP contribution in [0.15, 0.2) is 0 Å². The van der Waals surface area contributed by atoms with Crippen LogP contribution in [0.25, 0.3) is 0 Å². The van der Waals surface area contributed by atoms with Gasteiger partial charge >= 0.3 is 6.03 Å². The minimum Gasteiger partial charge on any atom is -0.337 e. The van der Waals surface area contributed by atoms with Crippen LogP contribution in [0.5, 0.6) is 0 Å². The molecule has 2 rings (SSSR count). The molecule has 1 heterocycles. The quantitative estimate of drug-likeness (QED) is 0.798. The van der Waals surface area contributed by atoms with Gasteiger partial charge in [-0.25, -0.2) is 4.79 Å². The van der Waals surface area contributed by atoms with Crippen LogP contribution in [0.4, 0.5) is 4.79 Å². The Balaban J connectivity index is 1.59. The second kappa shape index (κ2) is 6.38. The molecular weight excluding hydrogens is 220 g/mol. The van der Waals surface area contributed by atoms with E-state index in [1.807, 2.05) is 11.8 Å². The van der Waals surface area contributed by atoms with Gasteiger partial charge in [-0.15, -0.1) is 0 Å². The molecule has 16 heavy (non-hydrogen) atoms. The van der Waals surface area contributed by atoms with Gasteiger partial charge < -0.3 is 10.6 Å². The lowest BCUT2D eigenvalue weighted by Crippen LogP contribution is -2.43. The van der Waals surface area contributed by atoms with Crippen LogP contribution in [0.1, 0.15) is 44.9 Å². The summed E-state index contributed by atoms with van der Waals surface area (Å²) in [4.78, 5) is 11.6. The van der Waals surface area contributed by atoms with Crippen molar-refractivity contribution < 1.29 is 4.79 Å². The predicted octanol–water partition coefficient (Wildman–Crippen LogP) is 2.51. The first-order chi connectivity index (χ1) is 7.84. The Bertz CT molecular complexity index is 223. The Labute approximate surface area is 102 Å². The summed E-state index contributed by atoms with van der Waals surface area (Å²) in [6.45, 7) is 0.837. The average molecular weight is 242 g/mol. The zero-order valence-electron chi connectivity index (χ0n) is 9.84. The number of rotatable bonds is 3. The maximum absolute atomic E-state index is 11.6. The van der Waals surface area contributed by atoms with Crippen molar-refractivity contribution >= 4 is 17.8 Å². The van der Waals surface area contributed by atoms with Crippen molar-refractivity contribution in [3.8, 4) is 0 Å². The summed E-state index contributed by atoms with van der Waals surface area (Å²) in [5, 5.41) is 6.71. The van der Waals surface area contributed by atoms with E-state index in [0.717, 1.165) is 19.4 Å². The minimum absolute atomic E-state index is 0.0399. The molecule has 0 aromatic carbocycles. The summed E-state index contributed by atoms with van der Waals surface area (Å²) < 4.78 is 0. The number of hydrogen-bond acceptors (Lipinski definition) is 2. The molecule has 0 spiro atoms. The summed E-state index contributed by atoms with van der Waals surface area (Å²) in [6, 6.07) is 0.470. The standard InChI is InChI=1S/C12H22N2OS/c15-12(14-10-5-1-2-6-10)13-9-11-7-3-4-8-16-11/h10-11H,1-9H2,(H2,13,14,15). The van der Waals surface area contributed by atoms with Crippen molar-refractivity contribution in [3.05, 3.63) is 0 Å². The molecule has 1 atom stereocenters. The molecule has 3 nitrogen and oxygen atoms in total. The maximum Gasteiger partial charge on any atom is 0.315 e. The molecular formula is C12H22N2OS. The van der Waals surface area contributed by atoms with Gasteiger partial charge in [-0.2, -0.15) is 11.8 Å². The van der Waals surface area contributed by atoms with E-state index < -0.39 is 0 Å². The van der Waals surface area contributed by atoms with Crippen molar-refractivity contribution in [2.45, 2.75) is 56.2 Å². The summed E-state index contributed by atoms with van der Waals surface area (Å²) >= 11 is 2.01. The molecule has 0 aromatic heterocycles. The van der Waals surface area contributed by atoms with Crippen LogP contribution in [0.2, 0.25) is 0 Å². The fourth-order valence-corrected chi connectivity index (χ4v) is 3.72. The third-order valence-corrected chi connectivity index (χ3v) is 4.85. The van der Waals surface area contributed by atoms with Crippen LogP contribution in [0, 0.1) is 0 Å². The largest absolute Gasteiger partial charge is 0.337 e. The molecule has 2 N–H and O–H groups in total. The lowest BCUT2D eigenvalue weighted by Gasteiger charge is -2.22. The highest BCUT2D eigenvalue weighted by Crippen LogP contribution is 2.24. The van der Waals surface area contributed by atoms with Gasteiger partial charge in [-0.05, 0) is 31.4 Å². The molecule has 2 aliphatic rings. The zero-order chi connectivity index (χ0) is 11.2. The van der Waals surface area contributed by atoms with Gasteiger partial charge in [-0.3, -0.25) is 0 Å². The normalized spacial score (nSPS) is 26.6. The van der Waals surface area contributed by atoms with E-state index >= 15 is 0 Å². The third kappa shape index (κ3) is 3.89. The highest BCUT2D eigenvalue weighted by Gasteiger charge is 2.18. The van der Waals surface area contributed by atoms with Crippen LogP contribution in [-0.4, -0.2) is 29.6 Å². The topological polar surface area (TPSA) is 41.1 Å². The number of amides is 2. The average Bonchev–Trinajstić information content (AvgIpc) is 2.81. The summed E-state index contributed by atoms with van der Waals surface area (Å²) in [6.07, 6.45) is 8.78. The smallest absolute Gasteiger partial charge is 0.315 e. The fraction of sp³-hybridized carbons (Fsp3) is 0.917. The van der Waals surface area contributed by atoms with Gasteiger partial charge in [0.2, 0.25) is 0 Å². The van der Waals surface area contributed by atoms with Gasteiger partial charge in [0.15, 0.2) is 0 Å². The minimum atomic E-state index is 0.0399. The van der Waals surface area contributed by atoms with Crippen molar-refractivity contribution in [2.24, 2.45) is 0 Å². The van der Waals surface area contributed by atoms with Crippen molar-refractivity contribution in [3.63, 3.8) is 0 Å². The van der Waals surface area contributed by atoms with Crippen LogP contribution in [0.3, 0.4) is 0 Å². The molecule has 1 aliphatic heterocycles. The van der Waals surface area contributed by atoms with Crippen molar-refractivity contribution in [1.29, 1.82) is 0 Å². The van der Waals surface area contributed by atoms with E-state index in [1.165, 1.54) is 37.9 Å². The second-order valence-corrected chi connectivity index (χ2v) is 6.23. The summed E-state index contributed by atoms with van der Waals surface area (Å²) in [7, 11) is 0. The number of nitrogens with one attached hydrogen (secondary N) is 2. The van der Waals surface area contributed by atoms with E-state index in [2.05, 4.69) is 10.6 Å². The molecule has 1 aliphatic carbocycles. The molecule has 1 saturated heterocycles. The molecule has 1 unspecified atom stereocenters. The maximum atomic E-state index is 11.6. The first-order valence-corrected chi connectivity index (χ1v) is 7.55. The Kier molecular flexibility index (Phi) is 4.82. The Hall–Kier alpha value is -0.380. The zero-order valence-corrected chi connectivity index (χ0v) is 10.7.